The quantitative estimate of drug-likeness (QED) is 0.136. The molecule has 214 valence electrons. The average Bonchev–Trinajstić information content (AvgIpc) is 2.99. The Kier molecular flexibility index (Phi) is 11.8. The number of benzene rings is 3. The van der Waals surface area contributed by atoms with Gasteiger partial charge in [-0.2, -0.15) is 0 Å². The maximum atomic E-state index is 15.2. The van der Waals surface area contributed by atoms with E-state index in [1.807, 2.05) is 36.4 Å². The number of methoxy groups -OCH3 is 1. The van der Waals surface area contributed by atoms with Crippen LogP contribution in [-0.2, 0) is 30.2 Å². The lowest BCUT2D eigenvalue weighted by Gasteiger charge is -2.19. The van der Waals surface area contributed by atoms with E-state index in [0.717, 1.165) is 24.0 Å². The molecule has 1 atom stereocenters. The van der Waals surface area contributed by atoms with Crippen molar-refractivity contribution in [3.63, 3.8) is 0 Å². The minimum atomic E-state index is -0.752. The smallest absolute Gasteiger partial charge is 0.335 e. The lowest BCUT2D eigenvalue weighted by atomic mass is 9.95. The van der Waals surface area contributed by atoms with Crippen molar-refractivity contribution in [2.45, 2.75) is 18.8 Å². The molecule has 3 aromatic rings. The zero-order valence-corrected chi connectivity index (χ0v) is 23.2. The summed E-state index contributed by atoms with van der Waals surface area (Å²) in [6.45, 7) is 10.1. The van der Waals surface area contributed by atoms with Gasteiger partial charge in [0.25, 0.3) is 0 Å². The summed E-state index contributed by atoms with van der Waals surface area (Å²) in [5.41, 5.74) is 4.77. The highest BCUT2D eigenvalue weighted by Gasteiger charge is 2.20. The summed E-state index contributed by atoms with van der Waals surface area (Å²) >= 11 is 0. The number of aliphatic hydroxyl groups excluding tert-OH is 1. The Morgan fingerprint density at radius 1 is 0.878 bits per heavy atom. The summed E-state index contributed by atoms with van der Waals surface area (Å²) in [5, 5.41) is 9.13. The normalized spacial score (nSPS) is 11.4. The van der Waals surface area contributed by atoms with E-state index < -0.39 is 24.5 Å². The van der Waals surface area contributed by atoms with Crippen LogP contribution in [0.2, 0.25) is 0 Å². The molecule has 3 aromatic carbocycles. The second-order valence-electron chi connectivity index (χ2n) is 9.53. The number of carbonyl (C=O) groups is 2. The van der Waals surface area contributed by atoms with Crippen molar-refractivity contribution >= 4 is 11.9 Å². The maximum Gasteiger partial charge on any atom is 0.335 e. The van der Waals surface area contributed by atoms with Gasteiger partial charge in [-0.3, -0.25) is 0 Å². The van der Waals surface area contributed by atoms with E-state index in [4.69, 9.17) is 19.3 Å². The second-order valence-corrected chi connectivity index (χ2v) is 9.53. The van der Waals surface area contributed by atoms with Gasteiger partial charge in [-0.05, 0) is 46.7 Å². The monoisotopic (exact) mass is 558 g/mol. The Labute approximate surface area is 240 Å². The van der Waals surface area contributed by atoms with Gasteiger partial charge in [0, 0.05) is 12.7 Å². The lowest BCUT2D eigenvalue weighted by Crippen LogP contribution is -2.21. The fourth-order valence-corrected chi connectivity index (χ4v) is 4.09. The summed E-state index contributed by atoms with van der Waals surface area (Å²) in [4.78, 5) is 24.3. The van der Waals surface area contributed by atoms with Crippen LogP contribution in [0.25, 0.3) is 22.3 Å². The van der Waals surface area contributed by atoms with E-state index in [2.05, 4.69) is 19.7 Å². The Balaban J connectivity index is 1.77. The molecule has 0 bridgehead atoms. The molecule has 0 heterocycles. The zero-order chi connectivity index (χ0) is 29.8. The number of rotatable bonds is 15. The summed E-state index contributed by atoms with van der Waals surface area (Å²) in [6, 6.07) is 20.3. The van der Waals surface area contributed by atoms with Crippen LogP contribution in [0.15, 0.2) is 104 Å². The Hall–Kier alpha value is -4.33. The molecule has 0 aliphatic heterocycles. The van der Waals surface area contributed by atoms with Gasteiger partial charge in [0.2, 0.25) is 0 Å². The van der Waals surface area contributed by atoms with E-state index in [0.29, 0.717) is 16.7 Å². The van der Waals surface area contributed by atoms with E-state index in [1.165, 1.54) is 18.7 Å². The molecule has 0 aliphatic carbocycles. The Morgan fingerprint density at radius 3 is 2.02 bits per heavy atom. The van der Waals surface area contributed by atoms with Gasteiger partial charge in [-0.15, -0.1) is 6.58 Å². The molecule has 6 nitrogen and oxygen atoms in total. The highest BCUT2D eigenvalue weighted by atomic mass is 19.1. The van der Waals surface area contributed by atoms with Crippen molar-refractivity contribution in [3.8, 4) is 22.3 Å². The number of esters is 2. The van der Waals surface area contributed by atoms with Crippen LogP contribution in [0.3, 0.4) is 0 Å². The van der Waals surface area contributed by atoms with Crippen molar-refractivity contribution < 1.29 is 33.3 Å². The fourth-order valence-electron chi connectivity index (χ4n) is 4.09. The van der Waals surface area contributed by atoms with Crippen LogP contribution < -0.4 is 0 Å². The zero-order valence-electron chi connectivity index (χ0n) is 23.2. The van der Waals surface area contributed by atoms with E-state index in [1.54, 1.807) is 30.3 Å². The number of hydrogen-bond acceptors (Lipinski definition) is 6. The summed E-state index contributed by atoms with van der Waals surface area (Å²) < 4.78 is 30.8. The number of hydrogen-bond donors (Lipinski definition) is 1. The van der Waals surface area contributed by atoms with Crippen molar-refractivity contribution in [2.75, 3.05) is 33.5 Å². The van der Waals surface area contributed by atoms with Gasteiger partial charge in [-0.1, -0.05) is 79.9 Å². The number of aryl methyl sites for hydroxylation is 1. The second kappa shape index (κ2) is 15.5. The first-order valence-corrected chi connectivity index (χ1v) is 13.2. The lowest BCUT2D eigenvalue weighted by molar-refractivity contribution is -0.143. The third kappa shape index (κ3) is 8.83. The first kappa shape index (κ1) is 31.2. The van der Waals surface area contributed by atoms with Crippen LogP contribution in [0.4, 0.5) is 4.39 Å². The number of allylic oxidation sites excluding steroid dienone is 1. The number of carbonyl (C=O) groups excluding carboxylic acids is 2. The number of aliphatic hydroxyl groups is 1. The minimum Gasteiger partial charge on any atom is -0.461 e. The van der Waals surface area contributed by atoms with Gasteiger partial charge in [0.05, 0.1) is 30.3 Å². The molecule has 0 aromatic heterocycles. The molecule has 0 saturated carbocycles. The predicted molar refractivity (Wildman–Crippen MR) is 158 cm³/mol. The Morgan fingerprint density at radius 2 is 1.46 bits per heavy atom. The number of ether oxygens (including phenoxy) is 3. The van der Waals surface area contributed by atoms with Crippen molar-refractivity contribution in [3.05, 3.63) is 121 Å². The molecular weight excluding hydrogens is 523 g/mol. The first-order chi connectivity index (χ1) is 19.8. The summed E-state index contributed by atoms with van der Waals surface area (Å²) in [6.07, 6.45) is 3.71. The third-order valence-electron chi connectivity index (χ3n) is 6.50. The molecule has 0 saturated heterocycles. The Bertz CT molecular complexity index is 1380. The molecule has 3 rings (SSSR count). The van der Waals surface area contributed by atoms with Gasteiger partial charge >= 0.3 is 11.9 Å². The van der Waals surface area contributed by atoms with Crippen molar-refractivity contribution in [1.29, 1.82) is 0 Å². The predicted octanol–water partition coefficient (Wildman–Crippen LogP) is 6.20. The molecule has 0 radical (unpaired) electrons. The van der Waals surface area contributed by atoms with E-state index in [9.17, 15) is 9.59 Å². The van der Waals surface area contributed by atoms with Crippen LogP contribution >= 0.6 is 0 Å². The third-order valence-corrected chi connectivity index (χ3v) is 6.50. The fraction of sp³-hybridized carbons (Fsp3) is 0.235. The standard InChI is InChI=1S/C34H35FO6/c1-5-6-7-25-8-10-26(11-9-25)29-16-17-31(32(35)18-29)28-14-12-27(13-15-28)30(21-40-33(37)23(2)19-36)22-41-34(38)24(3)20-39-4/h5,8-18,30,36H,1-3,6-7,19-22H2,4H3. The van der Waals surface area contributed by atoms with Gasteiger partial charge in [0.1, 0.15) is 19.0 Å². The van der Waals surface area contributed by atoms with Gasteiger partial charge in [-0.25, -0.2) is 14.0 Å². The number of halogens is 1. The maximum absolute atomic E-state index is 15.2. The molecular formula is C34H35FO6. The van der Waals surface area contributed by atoms with Gasteiger partial charge < -0.3 is 19.3 Å². The highest BCUT2D eigenvalue weighted by molar-refractivity contribution is 5.88. The molecule has 7 heteroatoms. The topological polar surface area (TPSA) is 82.1 Å². The highest BCUT2D eigenvalue weighted by Crippen LogP contribution is 2.30. The van der Waals surface area contributed by atoms with Crippen LogP contribution in [-0.4, -0.2) is 50.6 Å². The average molecular weight is 559 g/mol. The summed E-state index contributed by atoms with van der Waals surface area (Å²) in [7, 11) is 1.44. The SMILES string of the molecule is C=CCCc1ccc(-c2ccc(-c3ccc(C(COC(=O)C(=C)CO)COC(=O)C(=C)COC)cc3)c(F)c2)cc1. The molecule has 41 heavy (non-hydrogen) atoms. The molecule has 0 fully saturated rings. The van der Waals surface area contributed by atoms with Crippen LogP contribution in [0.1, 0.15) is 23.5 Å². The van der Waals surface area contributed by atoms with Crippen molar-refractivity contribution in [2.24, 2.45) is 0 Å². The minimum absolute atomic E-state index is 0.0227. The van der Waals surface area contributed by atoms with Crippen LogP contribution in [0, 0.1) is 5.82 Å². The van der Waals surface area contributed by atoms with E-state index >= 15 is 4.39 Å². The largest absolute Gasteiger partial charge is 0.461 e. The summed E-state index contributed by atoms with van der Waals surface area (Å²) in [5.74, 6) is -2.27. The van der Waals surface area contributed by atoms with E-state index in [-0.39, 0.29) is 36.8 Å². The molecule has 0 aliphatic rings. The first-order valence-electron chi connectivity index (χ1n) is 13.2. The molecule has 0 spiro atoms. The van der Waals surface area contributed by atoms with Crippen LogP contribution in [0.5, 0.6) is 0 Å². The molecule has 0 amide bonds. The molecule has 1 unspecified atom stereocenters. The molecule has 1 N–H and O–H groups in total. The van der Waals surface area contributed by atoms with Crippen molar-refractivity contribution in [1.82, 2.24) is 0 Å². The van der Waals surface area contributed by atoms with Gasteiger partial charge in [0.15, 0.2) is 0 Å².